The van der Waals surface area contributed by atoms with Crippen molar-refractivity contribution in [3.63, 3.8) is 0 Å². The second-order valence-corrected chi connectivity index (χ2v) is 2.95. The number of aromatic nitrogens is 1. The number of hydrogen-bond donors (Lipinski definition) is 0. The Bertz CT molecular complexity index is 233. The summed E-state index contributed by atoms with van der Waals surface area (Å²) < 4.78 is 8.69. The molecule has 4 heteroatoms. The first-order valence-electron chi connectivity index (χ1n) is 3.23. The molecule has 1 aromatic heterocycles. The summed E-state index contributed by atoms with van der Waals surface area (Å²) in [6.45, 7) is 1.72. The predicted octanol–water partition coefficient (Wildman–Crippen LogP) is 1.36. The van der Waals surface area contributed by atoms with Crippen LogP contribution >= 0.6 is 11.5 Å². The van der Waals surface area contributed by atoms with Crippen molar-refractivity contribution >= 4 is 17.3 Å². The SMILES string of the molecule is COC(C)C(=O)c1ccns1. The van der Waals surface area contributed by atoms with Gasteiger partial charge < -0.3 is 4.74 Å². The van der Waals surface area contributed by atoms with E-state index >= 15 is 0 Å². The Morgan fingerprint density at radius 1 is 1.82 bits per heavy atom. The van der Waals surface area contributed by atoms with Gasteiger partial charge in [0.2, 0.25) is 5.78 Å². The van der Waals surface area contributed by atoms with Crippen molar-refractivity contribution in [3.05, 3.63) is 17.1 Å². The maximum Gasteiger partial charge on any atom is 0.202 e. The third kappa shape index (κ3) is 1.85. The molecule has 60 valence electrons. The quantitative estimate of drug-likeness (QED) is 0.644. The molecule has 0 bridgehead atoms. The van der Waals surface area contributed by atoms with Crippen LogP contribution < -0.4 is 0 Å². The molecule has 0 aliphatic rings. The van der Waals surface area contributed by atoms with E-state index in [4.69, 9.17) is 4.74 Å². The number of hydrogen-bond acceptors (Lipinski definition) is 4. The molecule has 0 saturated heterocycles. The number of nitrogens with zero attached hydrogens (tertiary/aromatic N) is 1. The molecule has 0 aliphatic heterocycles. The molecule has 1 aromatic rings. The first-order chi connectivity index (χ1) is 5.25. The third-order valence-electron chi connectivity index (χ3n) is 1.40. The zero-order chi connectivity index (χ0) is 8.27. The smallest absolute Gasteiger partial charge is 0.202 e. The van der Waals surface area contributed by atoms with Crippen LogP contribution in [0.4, 0.5) is 0 Å². The summed E-state index contributed by atoms with van der Waals surface area (Å²) in [6.07, 6.45) is 1.25. The van der Waals surface area contributed by atoms with Gasteiger partial charge in [-0.3, -0.25) is 4.79 Å². The number of Topliss-reactive ketones (excluding diaryl/α,β-unsaturated/α-hetero) is 1. The third-order valence-corrected chi connectivity index (χ3v) is 2.16. The van der Waals surface area contributed by atoms with Crippen molar-refractivity contribution < 1.29 is 9.53 Å². The van der Waals surface area contributed by atoms with E-state index in [1.807, 2.05) is 0 Å². The highest BCUT2D eigenvalue weighted by molar-refractivity contribution is 7.08. The number of ether oxygens (including phenoxy) is 1. The molecule has 1 rings (SSSR count). The molecular weight excluding hydrogens is 162 g/mol. The van der Waals surface area contributed by atoms with Gasteiger partial charge in [0.25, 0.3) is 0 Å². The molecule has 0 spiro atoms. The van der Waals surface area contributed by atoms with Gasteiger partial charge in [0.05, 0.1) is 4.88 Å². The van der Waals surface area contributed by atoms with E-state index in [9.17, 15) is 4.79 Å². The molecule has 0 fully saturated rings. The fourth-order valence-electron chi connectivity index (χ4n) is 0.650. The lowest BCUT2D eigenvalue weighted by atomic mass is 10.2. The number of ketones is 1. The van der Waals surface area contributed by atoms with Gasteiger partial charge in [0.1, 0.15) is 6.10 Å². The highest BCUT2D eigenvalue weighted by Crippen LogP contribution is 2.09. The van der Waals surface area contributed by atoms with Crippen molar-refractivity contribution in [2.75, 3.05) is 7.11 Å². The molecule has 1 atom stereocenters. The first-order valence-corrected chi connectivity index (χ1v) is 4.00. The minimum Gasteiger partial charge on any atom is -0.374 e. The summed E-state index contributed by atoms with van der Waals surface area (Å²) in [5.41, 5.74) is 0. The molecule has 0 aromatic carbocycles. The van der Waals surface area contributed by atoms with Crippen molar-refractivity contribution in [1.29, 1.82) is 0 Å². The number of carbonyl (C=O) groups is 1. The summed E-state index contributed by atoms with van der Waals surface area (Å²) in [6, 6.07) is 1.70. The fraction of sp³-hybridized carbons (Fsp3) is 0.429. The van der Waals surface area contributed by atoms with E-state index in [-0.39, 0.29) is 11.9 Å². The van der Waals surface area contributed by atoms with E-state index < -0.39 is 0 Å². The Morgan fingerprint density at radius 2 is 2.55 bits per heavy atom. The molecule has 3 nitrogen and oxygen atoms in total. The van der Waals surface area contributed by atoms with Crippen LogP contribution in [0.25, 0.3) is 0 Å². The standard InChI is InChI=1S/C7H9NO2S/c1-5(10-2)7(9)6-3-4-8-11-6/h3-5H,1-2H3. The van der Waals surface area contributed by atoms with Crippen LogP contribution in [-0.4, -0.2) is 23.4 Å². The largest absolute Gasteiger partial charge is 0.374 e. The number of rotatable bonds is 3. The summed E-state index contributed by atoms with van der Waals surface area (Å²) >= 11 is 1.20. The van der Waals surface area contributed by atoms with Gasteiger partial charge in [-0.1, -0.05) is 0 Å². The molecule has 1 unspecified atom stereocenters. The second-order valence-electron chi connectivity index (χ2n) is 2.12. The first kappa shape index (κ1) is 8.36. The summed E-state index contributed by atoms with van der Waals surface area (Å²) in [7, 11) is 1.52. The molecule has 1 heterocycles. The van der Waals surface area contributed by atoms with E-state index in [0.717, 1.165) is 0 Å². The lowest BCUT2D eigenvalue weighted by Crippen LogP contribution is -2.17. The van der Waals surface area contributed by atoms with E-state index in [2.05, 4.69) is 4.37 Å². The topological polar surface area (TPSA) is 39.2 Å². The van der Waals surface area contributed by atoms with Crippen LogP contribution in [0.3, 0.4) is 0 Å². The Kier molecular flexibility index (Phi) is 2.73. The van der Waals surface area contributed by atoms with Gasteiger partial charge >= 0.3 is 0 Å². The van der Waals surface area contributed by atoms with Crippen LogP contribution in [0.15, 0.2) is 12.3 Å². The van der Waals surface area contributed by atoms with Crippen LogP contribution in [0.2, 0.25) is 0 Å². The maximum atomic E-state index is 11.3. The Hall–Kier alpha value is -0.740. The molecule has 0 aliphatic carbocycles. The maximum absolute atomic E-state index is 11.3. The Balaban J connectivity index is 2.70. The monoisotopic (exact) mass is 171 g/mol. The average molecular weight is 171 g/mol. The molecule has 11 heavy (non-hydrogen) atoms. The van der Waals surface area contributed by atoms with Crippen molar-refractivity contribution in [2.45, 2.75) is 13.0 Å². The predicted molar refractivity (Wildman–Crippen MR) is 42.9 cm³/mol. The van der Waals surface area contributed by atoms with Gasteiger partial charge in [-0.25, -0.2) is 4.37 Å². The van der Waals surface area contributed by atoms with Crippen LogP contribution in [0.5, 0.6) is 0 Å². The Labute approximate surface area is 69.2 Å². The van der Waals surface area contributed by atoms with Crippen LogP contribution in [0, 0.1) is 0 Å². The lowest BCUT2D eigenvalue weighted by molar-refractivity contribution is 0.0660. The minimum absolute atomic E-state index is 0.00463. The van der Waals surface area contributed by atoms with Crippen LogP contribution in [-0.2, 0) is 4.74 Å². The van der Waals surface area contributed by atoms with Gasteiger partial charge in [0.15, 0.2) is 0 Å². The molecule has 0 N–H and O–H groups in total. The zero-order valence-corrected chi connectivity index (χ0v) is 7.22. The van der Waals surface area contributed by atoms with Crippen molar-refractivity contribution in [3.8, 4) is 0 Å². The van der Waals surface area contributed by atoms with Crippen LogP contribution in [0.1, 0.15) is 16.6 Å². The summed E-state index contributed by atoms with van der Waals surface area (Å²) in [4.78, 5) is 11.9. The molecule has 0 saturated carbocycles. The van der Waals surface area contributed by atoms with E-state index in [1.165, 1.54) is 18.6 Å². The summed E-state index contributed by atoms with van der Waals surface area (Å²) in [5, 5.41) is 0. The number of carbonyl (C=O) groups excluding carboxylic acids is 1. The Morgan fingerprint density at radius 3 is 3.00 bits per heavy atom. The second kappa shape index (κ2) is 3.59. The summed E-state index contributed by atoms with van der Waals surface area (Å²) in [5.74, 6) is -0.00463. The minimum atomic E-state index is -0.365. The van der Waals surface area contributed by atoms with Crippen molar-refractivity contribution in [2.24, 2.45) is 0 Å². The van der Waals surface area contributed by atoms with Gasteiger partial charge in [-0.2, -0.15) is 0 Å². The average Bonchev–Trinajstić information content (AvgIpc) is 2.53. The normalized spacial score (nSPS) is 12.9. The van der Waals surface area contributed by atoms with Crippen molar-refractivity contribution in [1.82, 2.24) is 4.37 Å². The van der Waals surface area contributed by atoms with Gasteiger partial charge in [-0.05, 0) is 24.5 Å². The highest BCUT2D eigenvalue weighted by atomic mass is 32.1. The highest BCUT2D eigenvalue weighted by Gasteiger charge is 2.14. The molecule has 0 radical (unpaired) electrons. The molecular formula is C7H9NO2S. The van der Waals surface area contributed by atoms with E-state index in [1.54, 1.807) is 19.2 Å². The van der Waals surface area contributed by atoms with Gasteiger partial charge in [0, 0.05) is 13.3 Å². The molecule has 0 amide bonds. The fourth-order valence-corrected chi connectivity index (χ4v) is 1.26. The zero-order valence-electron chi connectivity index (χ0n) is 6.40. The number of methoxy groups -OCH3 is 1. The van der Waals surface area contributed by atoms with Gasteiger partial charge in [-0.15, -0.1) is 0 Å². The van der Waals surface area contributed by atoms with E-state index in [0.29, 0.717) is 4.88 Å². The lowest BCUT2D eigenvalue weighted by Gasteiger charge is -2.04.